The Bertz CT molecular complexity index is 1680. The molecule has 2 saturated heterocycles. The number of furan rings is 1. The number of carbonyl (C=O) groups excluding carboxylic acids is 2. The van der Waals surface area contributed by atoms with Crippen LogP contribution >= 0.6 is 0 Å². The maximum absolute atomic E-state index is 13.5. The fourth-order valence-electron chi connectivity index (χ4n) is 7.28. The molecule has 8 rings (SSSR count). The van der Waals surface area contributed by atoms with Crippen LogP contribution in [0.25, 0.3) is 33.3 Å². The molecule has 0 spiro atoms. The van der Waals surface area contributed by atoms with E-state index in [4.69, 9.17) is 10.2 Å². The summed E-state index contributed by atoms with van der Waals surface area (Å²) in [5, 5.41) is 5.33. The Morgan fingerprint density at radius 3 is 2.73 bits per heavy atom. The van der Waals surface area contributed by atoms with Gasteiger partial charge in [-0.05, 0) is 74.8 Å². The number of piperidine rings is 1. The molecule has 4 fully saturated rings. The molecule has 4 aliphatic rings. The van der Waals surface area contributed by atoms with Crippen LogP contribution in [0.4, 0.5) is 5.69 Å². The molecule has 2 aliphatic heterocycles. The summed E-state index contributed by atoms with van der Waals surface area (Å²) in [4.78, 5) is 29.9. The lowest BCUT2D eigenvalue weighted by molar-refractivity contribution is -0.118. The van der Waals surface area contributed by atoms with Gasteiger partial charge in [0.15, 0.2) is 5.76 Å². The van der Waals surface area contributed by atoms with Crippen molar-refractivity contribution < 1.29 is 14.0 Å². The number of fused-ring (bicyclic) bond motifs is 4. The molecular formula is C32H35N5O3. The van der Waals surface area contributed by atoms with Gasteiger partial charge in [-0.25, -0.2) is 0 Å². The lowest BCUT2D eigenvalue weighted by Gasteiger charge is -2.27. The summed E-state index contributed by atoms with van der Waals surface area (Å²) in [5.74, 6) is 2.09. The van der Waals surface area contributed by atoms with Crippen LogP contribution in [0.3, 0.4) is 0 Å². The number of rotatable bonds is 5. The number of benzene rings is 2. The van der Waals surface area contributed by atoms with Crippen LogP contribution in [0, 0.1) is 18.8 Å². The van der Waals surface area contributed by atoms with Crippen molar-refractivity contribution in [2.24, 2.45) is 17.6 Å². The highest BCUT2D eigenvalue weighted by Gasteiger charge is 2.46. The van der Waals surface area contributed by atoms with Crippen LogP contribution in [0.5, 0.6) is 0 Å². The molecule has 8 heteroatoms. The monoisotopic (exact) mass is 537 g/mol. The third kappa shape index (κ3) is 3.73. The smallest absolute Gasteiger partial charge is 0.254 e. The maximum atomic E-state index is 13.5. The lowest BCUT2D eigenvalue weighted by Crippen LogP contribution is -2.48. The Balaban J connectivity index is 1.19. The van der Waals surface area contributed by atoms with E-state index in [-0.39, 0.29) is 23.9 Å². The molecule has 206 valence electrons. The Morgan fingerprint density at radius 2 is 1.98 bits per heavy atom. The van der Waals surface area contributed by atoms with Gasteiger partial charge in [-0.3, -0.25) is 9.59 Å². The van der Waals surface area contributed by atoms with E-state index in [2.05, 4.69) is 41.1 Å². The number of nitrogens with two attached hydrogens (primary N) is 1. The normalized spacial score (nSPS) is 24.6. The predicted octanol–water partition coefficient (Wildman–Crippen LogP) is 4.27. The van der Waals surface area contributed by atoms with Crippen LogP contribution in [0.2, 0.25) is 0 Å². The largest absolute Gasteiger partial charge is 0.454 e. The van der Waals surface area contributed by atoms with Crippen LogP contribution < -0.4 is 16.0 Å². The van der Waals surface area contributed by atoms with Crippen LogP contribution in [-0.2, 0) is 11.3 Å². The summed E-state index contributed by atoms with van der Waals surface area (Å²) in [6.45, 7) is 5.64. The van der Waals surface area contributed by atoms with E-state index in [1.54, 1.807) is 0 Å². The van der Waals surface area contributed by atoms with Crippen LogP contribution in [-0.4, -0.2) is 59.5 Å². The molecule has 4 aromatic rings. The first-order valence-electron chi connectivity index (χ1n) is 14.7. The molecular weight excluding hydrogens is 502 g/mol. The maximum Gasteiger partial charge on any atom is 0.254 e. The number of nitrogens with one attached hydrogen (secondary N) is 1. The molecule has 2 unspecified atom stereocenters. The summed E-state index contributed by atoms with van der Waals surface area (Å²) in [6, 6.07) is 14.7. The number of piperazine rings is 1. The number of aromatic nitrogens is 1. The molecule has 40 heavy (non-hydrogen) atoms. The van der Waals surface area contributed by atoms with E-state index in [0.717, 1.165) is 77.1 Å². The molecule has 0 radical (unpaired) electrons. The second-order valence-corrected chi connectivity index (χ2v) is 12.3. The third-order valence-corrected chi connectivity index (χ3v) is 9.76. The number of nitrogens with zero attached hydrogens (tertiary/aromatic N) is 3. The summed E-state index contributed by atoms with van der Waals surface area (Å²) >= 11 is 0. The van der Waals surface area contributed by atoms with E-state index in [1.165, 1.54) is 12.8 Å². The Kier molecular flexibility index (Phi) is 5.41. The quantitative estimate of drug-likeness (QED) is 0.396. The number of hydrogen-bond acceptors (Lipinski definition) is 5. The van der Waals surface area contributed by atoms with Gasteiger partial charge in [0.2, 0.25) is 5.91 Å². The molecule has 3 N–H and O–H groups in total. The Morgan fingerprint density at radius 1 is 1.10 bits per heavy atom. The van der Waals surface area contributed by atoms with Gasteiger partial charge >= 0.3 is 0 Å². The topological polar surface area (TPSA) is 96.7 Å². The molecule has 2 amide bonds. The van der Waals surface area contributed by atoms with Crippen LogP contribution in [0.15, 0.2) is 46.9 Å². The first-order valence-corrected chi connectivity index (χ1v) is 14.7. The van der Waals surface area contributed by atoms with Crippen molar-refractivity contribution in [1.29, 1.82) is 0 Å². The first-order chi connectivity index (χ1) is 19.5. The third-order valence-electron chi connectivity index (χ3n) is 9.76. The van der Waals surface area contributed by atoms with Gasteiger partial charge in [-0.1, -0.05) is 12.1 Å². The van der Waals surface area contributed by atoms with Gasteiger partial charge in [-0.2, -0.15) is 0 Å². The van der Waals surface area contributed by atoms with Gasteiger partial charge in [-0.15, -0.1) is 0 Å². The molecule has 2 saturated carbocycles. The zero-order valence-corrected chi connectivity index (χ0v) is 22.9. The SMILES string of the molecule is Cc1c(-c2cc3ccc(N4CCNCC4=O)cc3n2CC2CC2)oc2cc(C(=O)N3CC4CCC3[C@@H]4N)ccc12. The molecule has 2 aromatic carbocycles. The van der Waals surface area contributed by atoms with Crippen molar-refractivity contribution in [3.8, 4) is 11.5 Å². The highest BCUT2D eigenvalue weighted by atomic mass is 16.3. The van der Waals surface area contributed by atoms with E-state index in [1.807, 2.05) is 28.0 Å². The number of aryl methyl sites for hydroxylation is 1. The highest BCUT2D eigenvalue weighted by Crippen LogP contribution is 2.41. The zero-order chi connectivity index (χ0) is 27.1. The second-order valence-electron chi connectivity index (χ2n) is 12.3. The number of carbonyl (C=O) groups is 2. The minimum Gasteiger partial charge on any atom is -0.454 e. The van der Waals surface area contributed by atoms with E-state index < -0.39 is 0 Å². The van der Waals surface area contributed by atoms with Gasteiger partial charge in [0.1, 0.15) is 5.58 Å². The summed E-state index contributed by atoms with van der Waals surface area (Å²) in [7, 11) is 0. The van der Waals surface area contributed by atoms with Gasteiger partial charge in [0.25, 0.3) is 5.91 Å². The van der Waals surface area contributed by atoms with Crippen molar-refractivity contribution in [1.82, 2.24) is 14.8 Å². The number of amides is 2. The number of anilines is 1. The van der Waals surface area contributed by atoms with Crippen molar-refractivity contribution >= 4 is 39.4 Å². The first kappa shape index (κ1) is 24.2. The minimum atomic E-state index is 0.0537. The van der Waals surface area contributed by atoms with Crippen molar-refractivity contribution in [2.75, 3.05) is 31.1 Å². The Labute approximate surface area is 233 Å². The standard InChI is InChI=1S/C32H35N5O3/c1-18-24-8-5-21(32(39)37-17-22-6-9-25(37)30(22)33)13-28(24)40-31(18)27-12-20-4-7-23(35-11-10-34-15-29(35)38)14-26(20)36(27)16-19-2-3-19/h4-5,7-8,12-14,19,22,25,30,34H,2-3,6,9-11,15-17,33H2,1H3/t22?,25?,30-/m1/s1. The predicted molar refractivity (Wildman–Crippen MR) is 155 cm³/mol. The van der Waals surface area contributed by atoms with Crippen molar-refractivity contribution in [3.05, 3.63) is 53.6 Å². The molecule has 8 nitrogen and oxygen atoms in total. The lowest BCUT2D eigenvalue weighted by atomic mass is 10.1. The fraction of sp³-hybridized carbons (Fsp3) is 0.438. The van der Waals surface area contributed by atoms with E-state index >= 15 is 0 Å². The zero-order valence-electron chi connectivity index (χ0n) is 22.9. The number of likely N-dealkylation sites (tertiary alicyclic amines) is 1. The molecule has 3 atom stereocenters. The molecule has 2 aromatic heterocycles. The van der Waals surface area contributed by atoms with E-state index in [9.17, 15) is 9.59 Å². The highest BCUT2D eigenvalue weighted by molar-refractivity contribution is 6.01. The fourth-order valence-corrected chi connectivity index (χ4v) is 7.28. The van der Waals surface area contributed by atoms with Gasteiger partial charge < -0.3 is 29.8 Å². The van der Waals surface area contributed by atoms with Gasteiger partial charge in [0.05, 0.1) is 17.8 Å². The minimum absolute atomic E-state index is 0.0537. The average Bonchev–Trinajstić information content (AvgIpc) is 3.38. The van der Waals surface area contributed by atoms with Crippen molar-refractivity contribution in [3.63, 3.8) is 0 Å². The molecule has 4 heterocycles. The molecule has 2 bridgehead atoms. The summed E-state index contributed by atoms with van der Waals surface area (Å²) < 4.78 is 8.95. The summed E-state index contributed by atoms with van der Waals surface area (Å²) in [5.41, 5.74) is 12.0. The number of hydrogen-bond donors (Lipinski definition) is 2. The van der Waals surface area contributed by atoms with Gasteiger partial charge in [0, 0.05) is 65.8 Å². The second kappa shape index (κ2) is 8.94. The molecule has 2 aliphatic carbocycles. The van der Waals surface area contributed by atoms with Crippen LogP contribution in [0.1, 0.15) is 41.6 Å². The summed E-state index contributed by atoms with van der Waals surface area (Å²) in [6.07, 6.45) is 4.60. The average molecular weight is 538 g/mol. The Hall–Kier alpha value is -3.62. The van der Waals surface area contributed by atoms with E-state index in [0.29, 0.717) is 30.5 Å². The van der Waals surface area contributed by atoms with Crippen molar-refractivity contribution in [2.45, 2.75) is 51.2 Å².